The first kappa shape index (κ1) is 19.9. The lowest BCUT2D eigenvalue weighted by molar-refractivity contribution is 0.0539. The largest absolute Gasteiger partial charge is 0.393 e. The van der Waals surface area contributed by atoms with Gasteiger partial charge in [0.1, 0.15) is 0 Å². The van der Waals surface area contributed by atoms with E-state index in [1.165, 1.54) is 64.2 Å². The van der Waals surface area contributed by atoms with Crippen molar-refractivity contribution in [2.45, 2.75) is 121 Å². The summed E-state index contributed by atoms with van der Waals surface area (Å²) in [6.45, 7) is 2.26. The highest BCUT2D eigenvalue weighted by Gasteiger charge is 2.45. The highest BCUT2D eigenvalue weighted by molar-refractivity contribution is 5.04. The Morgan fingerprint density at radius 2 is 1.27 bits per heavy atom. The molecule has 0 bridgehead atoms. The van der Waals surface area contributed by atoms with E-state index in [1.54, 1.807) is 0 Å². The lowest BCUT2D eigenvalue weighted by atomic mass is 9.99. The molecule has 0 aliphatic heterocycles. The topological polar surface area (TPSA) is 66.5 Å². The van der Waals surface area contributed by atoms with Crippen molar-refractivity contribution in [3.63, 3.8) is 0 Å². The van der Waals surface area contributed by atoms with Crippen molar-refractivity contribution in [1.29, 1.82) is 0 Å². The Morgan fingerprint density at radius 3 is 1.73 bits per heavy atom. The van der Waals surface area contributed by atoms with Crippen LogP contribution < -0.4 is 5.73 Å². The Hall–Kier alpha value is -0.120. The van der Waals surface area contributed by atoms with Crippen molar-refractivity contribution in [2.75, 3.05) is 0 Å². The third-order valence-electron chi connectivity index (χ3n) is 5.13. The molecule has 0 aromatic heterocycles. The van der Waals surface area contributed by atoms with Crippen LogP contribution in [0.1, 0.15) is 103 Å². The van der Waals surface area contributed by atoms with Crippen LogP contribution in [0.4, 0.5) is 0 Å². The number of nitrogens with two attached hydrogens (primary N) is 1. The zero-order chi connectivity index (χ0) is 16.3. The Morgan fingerprint density at radius 1 is 0.818 bits per heavy atom. The summed E-state index contributed by atoms with van der Waals surface area (Å²) in [6.07, 6.45) is 16.7. The van der Waals surface area contributed by atoms with Crippen molar-refractivity contribution < 1.29 is 10.2 Å². The van der Waals surface area contributed by atoms with Gasteiger partial charge in [-0.05, 0) is 19.3 Å². The van der Waals surface area contributed by atoms with Crippen LogP contribution >= 0.6 is 0 Å². The molecule has 1 saturated carbocycles. The van der Waals surface area contributed by atoms with Gasteiger partial charge in [0.2, 0.25) is 0 Å². The van der Waals surface area contributed by atoms with E-state index in [2.05, 4.69) is 6.92 Å². The highest BCUT2D eigenvalue weighted by Crippen LogP contribution is 2.37. The smallest absolute Gasteiger partial charge is 0.0744 e. The molecule has 3 nitrogen and oxygen atoms in total. The molecule has 0 radical (unpaired) electrons. The summed E-state index contributed by atoms with van der Waals surface area (Å²) in [5.41, 5.74) is 5.56. The SMILES string of the molecule is CCCCCCCCCCCCC[C@@H](O)C[C@H](O)C1(N)CC1. The van der Waals surface area contributed by atoms with Gasteiger partial charge in [-0.2, -0.15) is 0 Å². The molecule has 0 amide bonds. The molecule has 1 aliphatic rings. The van der Waals surface area contributed by atoms with Gasteiger partial charge < -0.3 is 15.9 Å². The van der Waals surface area contributed by atoms with E-state index in [0.717, 1.165) is 25.7 Å². The maximum atomic E-state index is 9.94. The molecule has 0 aromatic carbocycles. The van der Waals surface area contributed by atoms with Crippen LogP contribution in [0, 0.1) is 0 Å². The average molecular weight is 314 g/mol. The van der Waals surface area contributed by atoms with E-state index in [9.17, 15) is 10.2 Å². The van der Waals surface area contributed by atoms with Crippen molar-refractivity contribution in [1.82, 2.24) is 0 Å². The molecule has 0 heterocycles. The van der Waals surface area contributed by atoms with E-state index < -0.39 is 6.10 Å². The van der Waals surface area contributed by atoms with Crippen LogP contribution in [0.2, 0.25) is 0 Å². The van der Waals surface area contributed by atoms with Crippen LogP contribution in [-0.2, 0) is 0 Å². The maximum Gasteiger partial charge on any atom is 0.0744 e. The first-order chi connectivity index (χ1) is 10.6. The molecule has 2 atom stereocenters. The molecular weight excluding hydrogens is 274 g/mol. The van der Waals surface area contributed by atoms with Gasteiger partial charge in [0.15, 0.2) is 0 Å². The zero-order valence-corrected chi connectivity index (χ0v) is 14.7. The number of unbranched alkanes of at least 4 members (excludes halogenated alkanes) is 10. The second-order valence-corrected chi connectivity index (χ2v) is 7.46. The second-order valence-electron chi connectivity index (χ2n) is 7.46. The van der Waals surface area contributed by atoms with E-state index >= 15 is 0 Å². The molecule has 4 N–H and O–H groups in total. The minimum absolute atomic E-state index is 0.377. The van der Waals surface area contributed by atoms with E-state index in [1.807, 2.05) is 0 Å². The number of aliphatic hydroxyl groups is 2. The third-order valence-corrected chi connectivity index (χ3v) is 5.13. The Bertz CT molecular complexity index is 266. The van der Waals surface area contributed by atoms with Gasteiger partial charge in [0, 0.05) is 12.0 Å². The van der Waals surface area contributed by atoms with Gasteiger partial charge in [-0.3, -0.25) is 0 Å². The standard InChI is InChI=1S/C19H39NO2/c1-2-3-4-5-6-7-8-9-10-11-12-13-17(21)16-18(22)19(20)14-15-19/h17-18,21-22H,2-16,20H2,1H3/t17-,18+/m1/s1. The minimum Gasteiger partial charge on any atom is -0.393 e. The Labute approximate surface area is 137 Å². The monoisotopic (exact) mass is 313 g/mol. The van der Waals surface area contributed by atoms with Crippen LogP contribution in [0.25, 0.3) is 0 Å². The molecule has 1 rings (SSSR count). The molecule has 1 fully saturated rings. The van der Waals surface area contributed by atoms with Crippen LogP contribution in [0.15, 0.2) is 0 Å². The predicted octanol–water partition coefficient (Wildman–Crippen LogP) is 4.29. The fourth-order valence-electron chi connectivity index (χ4n) is 3.13. The van der Waals surface area contributed by atoms with Crippen molar-refractivity contribution in [2.24, 2.45) is 5.73 Å². The zero-order valence-electron chi connectivity index (χ0n) is 14.7. The summed E-state index contributed by atoms with van der Waals surface area (Å²) in [5.74, 6) is 0. The molecule has 1 aliphatic carbocycles. The average Bonchev–Trinajstić information content (AvgIpc) is 3.24. The summed E-state index contributed by atoms with van der Waals surface area (Å²) in [7, 11) is 0. The van der Waals surface area contributed by atoms with Gasteiger partial charge in [-0.1, -0.05) is 77.6 Å². The summed E-state index contributed by atoms with van der Waals surface area (Å²) in [4.78, 5) is 0. The van der Waals surface area contributed by atoms with Crippen molar-refractivity contribution in [3.8, 4) is 0 Å². The summed E-state index contributed by atoms with van der Waals surface area (Å²) >= 11 is 0. The number of hydrogen-bond acceptors (Lipinski definition) is 3. The van der Waals surface area contributed by atoms with Crippen LogP contribution in [0.3, 0.4) is 0 Å². The first-order valence-corrected chi connectivity index (χ1v) is 9.73. The van der Waals surface area contributed by atoms with Gasteiger partial charge in [0.05, 0.1) is 12.2 Å². The second kappa shape index (κ2) is 11.4. The van der Waals surface area contributed by atoms with E-state index in [0.29, 0.717) is 6.42 Å². The Kier molecular flexibility index (Phi) is 10.3. The normalized spacial score (nSPS) is 19.1. The van der Waals surface area contributed by atoms with Gasteiger partial charge in [-0.15, -0.1) is 0 Å². The molecule has 22 heavy (non-hydrogen) atoms. The lowest BCUT2D eigenvalue weighted by Gasteiger charge is -2.20. The quantitative estimate of drug-likeness (QED) is 0.395. The van der Waals surface area contributed by atoms with E-state index in [-0.39, 0.29) is 11.6 Å². The third kappa shape index (κ3) is 9.12. The fourth-order valence-corrected chi connectivity index (χ4v) is 3.13. The number of aliphatic hydroxyl groups excluding tert-OH is 2. The molecule has 3 heteroatoms. The van der Waals surface area contributed by atoms with Gasteiger partial charge in [-0.25, -0.2) is 0 Å². The molecule has 132 valence electrons. The summed E-state index contributed by atoms with van der Waals surface area (Å²) in [5, 5.41) is 19.8. The molecule has 0 saturated heterocycles. The molecule has 0 spiro atoms. The molecule has 0 aromatic rings. The van der Waals surface area contributed by atoms with Crippen LogP contribution in [-0.4, -0.2) is 28.0 Å². The maximum absolute atomic E-state index is 9.94. The number of hydrogen-bond donors (Lipinski definition) is 3. The van der Waals surface area contributed by atoms with Gasteiger partial charge >= 0.3 is 0 Å². The molecule has 0 unspecified atom stereocenters. The summed E-state index contributed by atoms with van der Waals surface area (Å²) in [6, 6.07) is 0. The summed E-state index contributed by atoms with van der Waals surface area (Å²) < 4.78 is 0. The number of rotatable bonds is 15. The minimum atomic E-state index is -0.518. The first-order valence-electron chi connectivity index (χ1n) is 9.73. The highest BCUT2D eigenvalue weighted by atomic mass is 16.3. The van der Waals surface area contributed by atoms with Gasteiger partial charge in [0.25, 0.3) is 0 Å². The van der Waals surface area contributed by atoms with Crippen LogP contribution in [0.5, 0.6) is 0 Å². The molecular formula is C19H39NO2. The lowest BCUT2D eigenvalue weighted by Crippen LogP contribution is -2.39. The van der Waals surface area contributed by atoms with Crippen molar-refractivity contribution >= 4 is 0 Å². The van der Waals surface area contributed by atoms with Crippen molar-refractivity contribution in [3.05, 3.63) is 0 Å². The fraction of sp³-hybridized carbons (Fsp3) is 1.00. The van der Waals surface area contributed by atoms with E-state index in [4.69, 9.17) is 5.73 Å². The Balaban J connectivity index is 1.81. The predicted molar refractivity (Wildman–Crippen MR) is 93.9 cm³/mol.